The highest BCUT2D eigenvalue weighted by atomic mass is 16.3. The highest BCUT2D eigenvalue weighted by Crippen LogP contribution is 2.70. The topological polar surface area (TPSA) is 20.2 Å². The highest BCUT2D eigenvalue weighted by molar-refractivity contribution is 5.14. The summed E-state index contributed by atoms with van der Waals surface area (Å²) in [5.41, 5.74) is 0. The molecule has 0 aromatic rings. The molecule has 0 aromatic carbocycles. The maximum absolute atomic E-state index is 10.2. The van der Waals surface area contributed by atoms with Gasteiger partial charge in [-0.1, -0.05) is 12.8 Å². The molecule has 4 aliphatic rings. The molecule has 4 fully saturated rings. The molecule has 0 aromatic heterocycles. The van der Waals surface area contributed by atoms with Crippen LogP contribution in [0.4, 0.5) is 0 Å². The van der Waals surface area contributed by atoms with Crippen LogP contribution in [-0.2, 0) is 0 Å². The predicted octanol–water partition coefficient (Wildman–Crippen LogP) is 2.44. The summed E-state index contributed by atoms with van der Waals surface area (Å²) < 4.78 is 0. The molecule has 14 heavy (non-hydrogen) atoms. The SMILES string of the molecule is OC(CC1CC1)C1C2C3CCC(C3)C12. The van der Waals surface area contributed by atoms with E-state index < -0.39 is 0 Å². The molecule has 0 saturated heterocycles. The van der Waals surface area contributed by atoms with E-state index >= 15 is 0 Å². The zero-order chi connectivity index (χ0) is 9.28. The first-order chi connectivity index (χ1) is 6.84. The molecule has 1 heteroatoms. The quantitative estimate of drug-likeness (QED) is 0.728. The predicted molar refractivity (Wildman–Crippen MR) is 54.6 cm³/mol. The molecular formula is C13H20O. The zero-order valence-corrected chi connectivity index (χ0v) is 8.73. The molecule has 2 bridgehead atoms. The maximum atomic E-state index is 10.2. The molecule has 1 nitrogen and oxygen atoms in total. The van der Waals surface area contributed by atoms with E-state index in [-0.39, 0.29) is 6.10 Å². The Kier molecular flexibility index (Phi) is 1.49. The number of rotatable bonds is 3. The van der Waals surface area contributed by atoms with Gasteiger partial charge in [0.1, 0.15) is 0 Å². The van der Waals surface area contributed by atoms with E-state index in [2.05, 4.69) is 0 Å². The van der Waals surface area contributed by atoms with Gasteiger partial charge in [-0.3, -0.25) is 0 Å². The Hall–Kier alpha value is -0.0400. The van der Waals surface area contributed by atoms with Crippen LogP contribution in [-0.4, -0.2) is 11.2 Å². The van der Waals surface area contributed by atoms with Gasteiger partial charge in [-0.15, -0.1) is 0 Å². The normalized spacial score (nSPS) is 55.9. The average Bonchev–Trinajstić information content (AvgIpc) is 3.06. The number of aliphatic hydroxyl groups excluding tert-OH is 1. The molecule has 0 radical (unpaired) electrons. The number of hydrogen-bond acceptors (Lipinski definition) is 1. The Balaban J connectivity index is 1.44. The van der Waals surface area contributed by atoms with Crippen LogP contribution in [0.2, 0.25) is 0 Å². The minimum Gasteiger partial charge on any atom is -0.393 e. The van der Waals surface area contributed by atoms with E-state index in [0.29, 0.717) is 0 Å². The lowest BCUT2D eigenvalue weighted by atomic mass is 9.96. The first kappa shape index (κ1) is 8.15. The Morgan fingerprint density at radius 3 is 2.21 bits per heavy atom. The van der Waals surface area contributed by atoms with Crippen LogP contribution in [0.1, 0.15) is 38.5 Å². The Labute approximate surface area is 85.9 Å². The van der Waals surface area contributed by atoms with Gasteiger partial charge in [0.2, 0.25) is 0 Å². The third-order valence-corrected chi connectivity index (χ3v) is 5.51. The van der Waals surface area contributed by atoms with Gasteiger partial charge >= 0.3 is 0 Å². The first-order valence-corrected chi connectivity index (χ1v) is 6.52. The van der Waals surface area contributed by atoms with Crippen molar-refractivity contribution in [3.05, 3.63) is 0 Å². The van der Waals surface area contributed by atoms with Gasteiger partial charge < -0.3 is 5.11 Å². The fourth-order valence-electron chi connectivity index (χ4n) is 4.76. The third-order valence-electron chi connectivity index (χ3n) is 5.51. The van der Waals surface area contributed by atoms with Crippen LogP contribution >= 0.6 is 0 Å². The van der Waals surface area contributed by atoms with Gasteiger partial charge in [-0.05, 0) is 61.2 Å². The second kappa shape index (κ2) is 2.55. The van der Waals surface area contributed by atoms with E-state index in [1.165, 1.54) is 32.1 Å². The zero-order valence-electron chi connectivity index (χ0n) is 8.73. The lowest BCUT2D eigenvalue weighted by Gasteiger charge is -2.14. The third kappa shape index (κ3) is 0.997. The average molecular weight is 192 g/mol. The second-order valence-corrected chi connectivity index (χ2v) is 6.31. The minimum absolute atomic E-state index is 0.0842. The molecule has 0 spiro atoms. The van der Waals surface area contributed by atoms with E-state index in [1.807, 2.05) is 0 Å². The van der Waals surface area contributed by atoms with Crippen molar-refractivity contribution in [1.82, 2.24) is 0 Å². The van der Waals surface area contributed by atoms with Gasteiger partial charge in [-0.2, -0.15) is 0 Å². The first-order valence-electron chi connectivity index (χ1n) is 6.52. The molecule has 4 aliphatic carbocycles. The molecule has 0 heterocycles. The molecule has 1 N–H and O–H groups in total. The van der Waals surface area contributed by atoms with Crippen molar-refractivity contribution in [2.45, 2.75) is 44.6 Å². The van der Waals surface area contributed by atoms with Crippen molar-refractivity contribution < 1.29 is 5.11 Å². The highest BCUT2D eigenvalue weighted by Gasteiger charge is 2.66. The standard InChI is InChI=1S/C13H20O/c14-10(5-7-1-2-7)13-11-8-3-4-9(6-8)12(11)13/h7-14H,1-6H2. The molecule has 5 unspecified atom stereocenters. The number of fused-ring (bicyclic) bond motifs is 5. The van der Waals surface area contributed by atoms with Crippen LogP contribution in [0.25, 0.3) is 0 Å². The largest absolute Gasteiger partial charge is 0.393 e. The van der Waals surface area contributed by atoms with E-state index in [1.54, 1.807) is 0 Å². The fourth-order valence-corrected chi connectivity index (χ4v) is 4.76. The van der Waals surface area contributed by atoms with E-state index in [9.17, 15) is 5.11 Å². The minimum atomic E-state index is 0.0842. The van der Waals surface area contributed by atoms with Crippen LogP contribution < -0.4 is 0 Å². The van der Waals surface area contributed by atoms with Crippen molar-refractivity contribution in [2.24, 2.45) is 35.5 Å². The van der Waals surface area contributed by atoms with Gasteiger partial charge in [0.05, 0.1) is 6.10 Å². The summed E-state index contributed by atoms with van der Waals surface area (Å²) in [7, 11) is 0. The Morgan fingerprint density at radius 2 is 1.64 bits per heavy atom. The van der Waals surface area contributed by atoms with E-state index in [4.69, 9.17) is 0 Å². The summed E-state index contributed by atoms with van der Waals surface area (Å²) in [5, 5.41) is 10.2. The smallest absolute Gasteiger partial charge is 0.0576 e. The lowest BCUT2D eigenvalue weighted by molar-refractivity contribution is 0.114. The number of aliphatic hydroxyl groups is 1. The van der Waals surface area contributed by atoms with Gasteiger partial charge in [0, 0.05) is 0 Å². The fraction of sp³-hybridized carbons (Fsp3) is 1.00. The maximum Gasteiger partial charge on any atom is 0.0576 e. The Bertz CT molecular complexity index is 242. The second-order valence-electron chi connectivity index (χ2n) is 6.31. The molecule has 78 valence electrons. The van der Waals surface area contributed by atoms with Crippen LogP contribution in [0.3, 0.4) is 0 Å². The van der Waals surface area contributed by atoms with Crippen molar-refractivity contribution in [2.75, 3.05) is 0 Å². The number of hydrogen-bond donors (Lipinski definition) is 1. The molecule has 0 amide bonds. The van der Waals surface area contributed by atoms with Crippen molar-refractivity contribution in [3.63, 3.8) is 0 Å². The Morgan fingerprint density at radius 1 is 1.00 bits per heavy atom. The van der Waals surface area contributed by atoms with Crippen LogP contribution in [0.15, 0.2) is 0 Å². The van der Waals surface area contributed by atoms with Gasteiger partial charge in [0.15, 0.2) is 0 Å². The molecule has 0 aliphatic heterocycles. The monoisotopic (exact) mass is 192 g/mol. The lowest BCUT2D eigenvalue weighted by Crippen LogP contribution is -2.16. The van der Waals surface area contributed by atoms with Gasteiger partial charge in [0.25, 0.3) is 0 Å². The molecule has 4 saturated carbocycles. The molecule has 5 atom stereocenters. The molecule has 4 rings (SSSR count). The van der Waals surface area contributed by atoms with E-state index in [0.717, 1.165) is 41.9 Å². The van der Waals surface area contributed by atoms with Crippen LogP contribution in [0.5, 0.6) is 0 Å². The van der Waals surface area contributed by atoms with Crippen molar-refractivity contribution in [1.29, 1.82) is 0 Å². The van der Waals surface area contributed by atoms with Crippen molar-refractivity contribution in [3.8, 4) is 0 Å². The summed E-state index contributed by atoms with van der Waals surface area (Å²) in [5.74, 6) is 5.67. The van der Waals surface area contributed by atoms with Crippen LogP contribution in [0, 0.1) is 35.5 Å². The molecular weight excluding hydrogens is 172 g/mol. The summed E-state index contributed by atoms with van der Waals surface area (Å²) >= 11 is 0. The van der Waals surface area contributed by atoms with Crippen molar-refractivity contribution >= 4 is 0 Å². The summed E-state index contributed by atoms with van der Waals surface area (Å²) in [4.78, 5) is 0. The summed E-state index contributed by atoms with van der Waals surface area (Å²) in [6, 6.07) is 0. The summed E-state index contributed by atoms with van der Waals surface area (Å²) in [6.07, 6.45) is 8.49. The van der Waals surface area contributed by atoms with Gasteiger partial charge in [-0.25, -0.2) is 0 Å². The summed E-state index contributed by atoms with van der Waals surface area (Å²) in [6.45, 7) is 0.